The number of rotatable bonds is 6. The summed E-state index contributed by atoms with van der Waals surface area (Å²) in [6.07, 6.45) is 5.32. The van der Waals surface area contributed by atoms with Crippen LogP contribution in [0.4, 0.5) is 0 Å². The first kappa shape index (κ1) is 26.8. The second-order valence-electron chi connectivity index (χ2n) is 10.0. The van der Waals surface area contributed by atoms with Crippen LogP contribution in [0, 0.1) is 11.3 Å². The normalized spacial score (nSPS) is 21.7. The number of ketones is 1. The summed E-state index contributed by atoms with van der Waals surface area (Å²) in [7, 11) is 1.92. The zero-order valence-corrected chi connectivity index (χ0v) is 20.7. The summed E-state index contributed by atoms with van der Waals surface area (Å²) in [5.74, 6) is -0.740. The van der Waals surface area contributed by atoms with E-state index in [9.17, 15) is 14.4 Å². The highest BCUT2D eigenvalue weighted by molar-refractivity contribution is 8.14. The van der Waals surface area contributed by atoms with Crippen molar-refractivity contribution in [1.82, 2.24) is 15.6 Å². The fourth-order valence-corrected chi connectivity index (χ4v) is 4.82. The lowest BCUT2D eigenvalue weighted by atomic mass is 9.85. The number of amides is 2. The second kappa shape index (κ2) is 10.8. The molecule has 1 heterocycles. The number of hydrogen-bond donors (Lipinski definition) is 2. The fourth-order valence-electron chi connectivity index (χ4n) is 3.59. The van der Waals surface area contributed by atoms with E-state index >= 15 is 0 Å². The maximum atomic E-state index is 12.8. The van der Waals surface area contributed by atoms with Gasteiger partial charge in [-0.15, -0.1) is 17.5 Å². The van der Waals surface area contributed by atoms with E-state index in [0.29, 0.717) is 11.6 Å². The summed E-state index contributed by atoms with van der Waals surface area (Å²) in [4.78, 5) is 40.0. The van der Waals surface area contributed by atoms with Gasteiger partial charge in [0.2, 0.25) is 11.7 Å². The summed E-state index contributed by atoms with van der Waals surface area (Å²) in [5.41, 5.74) is 2.13. The molecule has 2 rings (SSSR count). The topological polar surface area (TPSA) is 90.9 Å². The van der Waals surface area contributed by atoms with E-state index in [1.54, 1.807) is 0 Å². The highest BCUT2D eigenvalue weighted by atomic mass is 35.5. The predicted octanol–water partition coefficient (Wildman–Crippen LogP) is 3.32. The number of Topliss-reactive ketones (excluding diaryl/α,β-unsaturated/α-hetero) is 1. The van der Waals surface area contributed by atoms with E-state index in [1.165, 1.54) is 11.8 Å². The van der Waals surface area contributed by atoms with E-state index in [-0.39, 0.29) is 35.2 Å². The molecule has 2 amide bonds. The van der Waals surface area contributed by atoms with Crippen LogP contribution >= 0.6 is 24.2 Å². The zero-order chi connectivity index (χ0) is 21.8. The number of nitrogens with zero attached hydrogens (tertiary/aromatic N) is 2. The lowest BCUT2D eigenvalue weighted by molar-refractivity contribution is -0.141. The first-order valence-electron chi connectivity index (χ1n) is 10.5. The fraction of sp³-hybridized carbons (Fsp3) is 0.810. The van der Waals surface area contributed by atoms with Gasteiger partial charge in [0, 0.05) is 24.3 Å². The molecule has 1 unspecified atom stereocenters. The monoisotopic (exact) mass is 460 g/mol. The van der Waals surface area contributed by atoms with E-state index in [2.05, 4.69) is 29.7 Å². The minimum absolute atomic E-state index is 0. The van der Waals surface area contributed by atoms with Crippen LogP contribution in [0.15, 0.2) is 5.10 Å². The molecule has 1 aliphatic heterocycles. The number of hydrazone groups is 1. The highest BCUT2D eigenvalue weighted by Crippen LogP contribution is 2.30. The Kier molecular flexibility index (Phi) is 9.67. The number of halogens is 1. The van der Waals surface area contributed by atoms with Crippen molar-refractivity contribution in [3.8, 4) is 0 Å². The molecule has 1 saturated heterocycles. The molecule has 0 bridgehead atoms. The number of nitrogens with one attached hydrogen (secondary N) is 2. The molecule has 9 heteroatoms. The molecule has 2 aliphatic rings. The Bertz CT molecular complexity index is 670. The lowest BCUT2D eigenvalue weighted by Gasteiger charge is -2.28. The van der Waals surface area contributed by atoms with Crippen molar-refractivity contribution in [1.29, 1.82) is 0 Å². The van der Waals surface area contributed by atoms with Crippen LogP contribution in [-0.2, 0) is 14.4 Å². The van der Waals surface area contributed by atoms with Gasteiger partial charge >= 0.3 is 5.91 Å². The minimum Gasteiger partial charge on any atom is -0.347 e. The van der Waals surface area contributed by atoms with Gasteiger partial charge in [-0.25, -0.2) is 5.43 Å². The van der Waals surface area contributed by atoms with E-state index < -0.39 is 17.7 Å². The molecule has 1 atom stereocenters. The van der Waals surface area contributed by atoms with Gasteiger partial charge in [0.25, 0.3) is 0 Å². The summed E-state index contributed by atoms with van der Waals surface area (Å²) in [6, 6.07) is -0.838. The molecule has 1 saturated carbocycles. The maximum absolute atomic E-state index is 12.8. The van der Waals surface area contributed by atoms with Gasteiger partial charge in [-0.1, -0.05) is 51.8 Å². The van der Waals surface area contributed by atoms with Crippen LogP contribution in [-0.4, -0.2) is 52.0 Å². The molecule has 0 aromatic rings. The summed E-state index contributed by atoms with van der Waals surface area (Å²) in [6.45, 7) is 10.2. The molecular formula is C21H37ClN4O3S. The van der Waals surface area contributed by atoms with Crippen LogP contribution in [0.3, 0.4) is 0 Å². The van der Waals surface area contributed by atoms with E-state index in [0.717, 1.165) is 37.9 Å². The van der Waals surface area contributed by atoms with Crippen molar-refractivity contribution in [2.75, 3.05) is 12.8 Å². The molecule has 7 nitrogen and oxygen atoms in total. The molecule has 0 radical (unpaired) electrons. The van der Waals surface area contributed by atoms with Gasteiger partial charge < -0.3 is 10.2 Å². The quantitative estimate of drug-likeness (QED) is 0.468. The van der Waals surface area contributed by atoms with Crippen LogP contribution < -0.4 is 10.7 Å². The zero-order valence-electron chi connectivity index (χ0n) is 19.0. The third kappa shape index (κ3) is 7.45. The minimum atomic E-state index is -0.838. The smallest absolute Gasteiger partial charge is 0.309 e. The molecule has 0 aromatic heterocycles. The largest absolute Gasteiger partial charge is 0.347 e. The summed E-state index contributed by atoms with van der Waals surface area (Å²) in [5, 5.41) is 7.68. The number of amidine groups is 1. The maximum Gasteiger partial charge on any atom is 0.309 e. The van der Waals surface area contributed by atoms with Gasteiger partial charge in [0.1, 0.15) is 0 Å². The van der Waals surface area contributed by atoms with Gasteiger partial charge in [0.15, 0.2) is 5.17 Å². The predicted molar refractivity (Wildman–Crippen MR) is 125 cm³/mol. The van der Waals surface area contributed by atoms with E-state index in [1.807, 2.05) is 32.7 Å². The van der Waals surface area contributed by atoms with Crippen molar-refractivity contribution in [3.63, 3.8) is 0 Å². The number of carbonyl (C=O) groups is 3. The average molecular weight is 461 g/mol. The lowest BCUT2D eigenvalue weighted by Crippen LogP contribution is -2.50. The standard InChI is InChI=1S/C21H36N4O3S.ClH/c1-20(2,3)12-15(22-17(27)14-10-8-7-9-11-14)16(26)18(28)23-24-19-25(6)21(4,5)13-29-19;/h14-15H,7-13H2,1-6H3,(H,22,27)(H,23,28);1H/b24-19-;. The Morgan fingerprint density at radius 1 is 1.20 bits per heavy atom. The van der Waals surface area contributed by atoms with Gasteiger partial charge in [-0.05, 0) is 38.5 Å². The Morgan fingerprint density at radius 3 is 2.30 bits per heavy atom. The van der Waals surface area contributed by atoms with Gasteiger partial charge in [-0.2, -0.15) is 0 Å². The van der Waals surface area contributed by atoms with Crippen LogP contribution in [0.5, 0.6) is 0 Å². The summed E-state index contributed by atoms with van der Waals surface area (Å²) < 4.78 is 0. The van der Waals surface area contributed by atoms with E-state index in [4.69, 9.17) is 0 Å². The second-order valence-corrected chi connectivity index (χ2v) is 11.0. The average Bonchev–Trinajstić information content (AvgIpc) is 2.91. The van der Waals surface area contributed by atoms with Gasteiger partial charge in [0.05, 0.1) is 6.04 Å². The summed E-state index contributed by atoms with van der Waals surface area (Å²) >= 11 is 1.54. The van der Waals surface area contributed by atoms with Crippen LogP contribution in [0.25, 0.3) is 0 Å². The van der Waals surface area contributed by atoms with Crippen molar-refractivity contribution in [2.24, 2.45) is 16.4 Å². The van der Waals surface area contributed by atoms with Crippen molar-refractivity contribution in [3.05, 3.63) is 0 Å². The number of carbonyl (C=O) groups excluding carboxylic acids is 3. The molecule has 1 aliphatic carbocycles. The molecule has 0 spiro atoms. The first-order chi connectivity index (χ1) is 13.4. The Hall–Kier alpha value is -1.28. The van der Waals surface area contributed by atoms with Crippen LogP contribution in [0.1, 0.15) is 73.1 Å². The Labute approximate surface area is 191 Å². The molecule has 2 N–H and O–H groups in total. The Balaban J connectivity index is 0.00000450. The first-order valence-corrected chi connectivity index (χ1v) is 11.5. The molecular weight excluding hydrogens is 424 g/mol. The third-order valence-corrected chi connectivity index (χ3v) is 7.13. The SMILES string of the molecule is CN1/C(=N/NC(=O)C(=O)C(CC(C)(C)C)NC(=O)C2CCCCC2)SCC1(C)C.Cl. The number of hydrogen-bond acceptors (Lipinski definition) is 5. The molecule has 0 aromatic carbocycles. The third-order valence-electron chi connectivity index (χ3n) is 5.65. The van der Waals surface area contributed by atoms with Gasteiger partial charge in [-0.3, -0.25) is 14.4 Å². The van der Waals surface area contributed by atoms with Crippen LogP contribution in [0.2, 0.25) is 0 Å². The molecule has 30 heavy (non-hydrogen) atoms. The van der Waals surface area contributed by atoms with Crippen molar-refractivity contribution in [2.45, 2.75) is 84.7 Å². The van der Waals surface area contributed by atoms with Crippen molar-refractivity contribution < 1.29 is 14.4 Å². The molecule has 2 fully saturated rings. The number of thioether (sulfide) groups is 1. The Morgan fingerprint density at radius 2 is 1.80 bits per heavy atom. The molecule has 172 valence electrons. The highest BCUT2D eigenvalue weighted by Gasteiger charge is 2.36. The van der Waals surface area contributed by atoms with Crippen molar-refractivity contribution >= 4 is 46.9 Å².